The first-order chi connectivity index (χ1) is 9.63. The molecule has 1 aromatic carbocycles. The highest BCUT2D eigenvalue weighted by molar-refractivity contribution is 7.99. The number of hydrogen-bond donors (Lipinski definition) is 1. The molecule has 0 aliphatic rings. The fraction of sp³-hybridized carbons (Fsp3) is 0.312. The van der Waals surface area contributed by atoms with Crippen LogP contribution in [-0.4, -0.2) is 11.5 Å². The van der Waals surface area contributed by atoms with E-state index in [1.807, 2.05) is 12.1 Å². The summed E-state index contributed by atoms with van der Waals surface area (Å²) in [6, 6.07) is 12.4. The Bertz CT molecular complexity index is 523. The van der Waals surface area contributed by atoms with E-state index in [0.717, 1.165) is 18.1 Å². The van der Waals surface area contributed by atoms with Gasteiger partial charge >= 0.3 is 0 Å². The number of rotatable bonds is 6. The van der Waals surface area contributed by atoms with E-state index in [-0.39, 0.29) is 0 Å². The van der Waals surface area contributed by atoms with E-state index in [0.29, 0.717) is 10.9 Å². The smallest absolute Gasteiger partial charge is 0.101 e. The lowest BCUT2D eigenvalue weighted by Crippen LogP contribution is -2.18. The predicted octanol–water partition coefficient (Wildman–Crippen LogP) is 4.63. The Morgan fingerprint density at radius 1 is 1.15 bits per heavy atom. The van der Waals surface area contributed by atoms with E-state index in [2.05, 4.69) is 48.4 Å². The SMILES string of the molecule is CC(C)CNCc1ccc(Sc2ccc(Cl)cn2)cc1. The molecular weight excluding hydrogens is 288 g/mol. The quantitative estimate of drug-likeness (QED) is 0.842. The molecule has 2 nitrogen and oxygen atoms in total. The van der Waals surface area contributed by atoms with E-state index < -0.39 is 0 Å². The van der Waals surface area contributed by atoms with Crippen LogP contribution >= 0.6 is 23.4 Å². The highest BCUT2D eigenvalue weighted by Gasteiger charge is 2.00. The van der Waals surface area contributed by atoms with Crippen LogP contribution in [0, 0.1) is 5.92 Å². The average Bonchev–Trinajstić information content (AvgIpc) is 2.43. The van der Waals surface area contributed by atoms with Crippen molar-refractivity contribution in [3.8, 4) is 0 Å². The van der Waals surface area contributed by atoms with Crippen LogP contribution < -0.4 is 5.32 Å². The van der Waals surface area contributed by atoms with E-state index in [9.17, 15) is 0 Å². The number of nitrogens with one attached hydrogen (secondary N) is 1. The molecule has 0 saturated heterocycles. The molecule has 1 aromatic heterocycles. The minimum Gasteiger partial charge on any atom is -0.312 e. The Labute approximate surface area is 130 Å². The maximum atomic E-state index is 5.83. The summed E-state index contributed by atoms with van der Waals surface area (Å²) in [6.07, 6.45) is 1.67. The van der Waals surface area contributed by atoms with E-state index >= 15 is 0 Å². The minimum absolute atomic E-state index is 0.668. The average molecular weight is 307 g/mol. The predicted molar refractivity (Wildman–Crippen MR) is 86.4 cm³/mol. The molecule has 0 radical (unpaired) electrons. The first-order valence-corrected chi connectivity index (χ1v) is 7.92. The summed E-state index contributed by atoms with van der Waals surface area (Å²) < 4.78 is 0. The van der Waals surface area contributed by atoms with Gasteiger partial charge < -0.3 is 5.32 Å². The van der Waals surface area contributed by atoms with Gasteiger partial charge in [0, 0.05) is 17.6 Å². The number of pyridine rings is 1. The van der Waals surface area contributed by atoms with Gasteiger partial charge in [0.1, 0.15) is 5.03 Å². The van der Waals surface area contributed by atoms with Crippen molar-refractivity contribution in [1.82, 2.24) is 10.3 Å². The molecule has 2 aromatic rings. The molecule has 1 N–H and O–H groups in total. The molecule has 0 spiro atoms. The summed E-state index contributed by atoms with van der Waals surface area (Å²) in [4.78, 5) is 5.47. The van der Waals surface area contributed by atoms with Crippen LogP contribution in [0.5, 0.6) is 0 Å². The normalized spacial score (nSPS) is 11.0. The molecule has 0 aliphatic carbocycles. The van der Waals surface area contributed by atoms with Crippen molar-refractivity contribution in [2.45, 2.75) is 30.3 Å². The van der Waals surface area contributed by atoms with Crippen molar-refractivity contribution in [3.63, 3.8) is 0 Å². The summed E-state index contributed by atoms with van der Waals surface area (Å²) in [5, 5.41) is 5.07. The Kier molecular flexibility index (Phi) is 5.89. The Morgan fingerprint density at radius 3 is 2.50 bits per heavy atom. The third-order valence-electron chi connectivity index (χ3n) is 2.73. The standard InChI is InChI=1S/C16H19ClN2S/c1-12(2)9-18-10-13-3-6-15(7-4-13)20-16-8-5-14(17)11-19-16/h3-8,11-12,18H,9-10H2,1-2H3. The first kappa shape index (κ1) is 15.4. The molecule has 2 rings (SSSR count). The number of hydrogen-bond acceptors (Lipinski definition) is 3. The van der Waals surface area contributed by atoms with Crippen molar-refractivity contribution in [3.05, 3.63) is 53.2 Å². The van der Waals surface area contributed by atoms with E-state index in [1.54, 1.807) is 18.0 Å². The second-order valence-electron chi connectivity index (χ2n) is 5.09. The molecular formula is C16H19ClN2S. The second kappa shape index (κ2) is 7.67. The monoisotopic (exact) mass is 306 g/mol. The minimum atomic E-state index is 0.668. The Balaban J connectivity index is 1.89. The van der Waals surface area contributed by atoms with Gasteiger partial charge in [0.05, 0.1) is 5.02 Å². The third kappa shape index (κ3) is 5.16. The fourth-order valence-electron chi connectivity index (χ4n) is 1.72. The van der Waals surface area contributed by atoms with Gasteiger partial charge in [-0.05, 0) is 42.3 Å². The molecule has 20 heavy (non-hydrogen) atoms. The van der Waals surface area contributed by atoms with Crippen LogP contribution in [0.3, 0.4) is 0 Å². The molecule has 0 amide bonds. The first-order valence-electron chi connectivity index (χ1n) is 6.72. The second-order valence-corrected chi connectivity index (χ2v) is 6.62. The van der Waals surface area contributed by atoms with Gasteiger partial charge in [-0.15, -0.1) is 0 Å². The molecule has 4 heteroatoms. The summed E-state index contributed by atoms with van der Waals surface area (Å²) in [6.45, 7) is 6.39. The van der Waals surface area contributed by atoms with Gasteiger partial charge in [0.25, 0.3) is 0 Å². The zero-order chi connectivity index (χ0) is 14.4. The fourth-order valence-corrected chi connectivity index (χ4v) is 2.59. The largest absolute Gasteiger partial charge is 0.312 e. The number of halogens is 1. The van der Waals surface area contributed by atoms with Gasteiger partial charge in [-0.2, -0.15) is 0 Å². The van der Waals surface area contributed by atoms with Gasteiger partial charge in [-0.1, -0.05) is 49.3 Å². The van der Waals surface area contributed by atoms with E-state index in [4.69, 9.17) is 11.6 Å². The Hall–Kier alpha value is -1.03. The molecule has 0 fully saturated rings. The molecule has 106 valence electrons. The van der Waals surface area contributed by atoms with Crippen LogP contribution in [0.4, 0.5) is 0 Å². The molecule has 0 aliphatic heterocycles. The molecule has 0 saturated carbocycles. The summed E-state index contributed by atoms with van der Waals surface area (Å²) in [7, 11) is 0. The molecule has 0 unspecified atom stereocenters. The van der Waals surface area contributed by atoms with Crippen molar-refractivity contribution >= 4 is 23.4 Å². The van der Waals surface area contributed by atoms with Gasteiger partial charge in [0.15, 0.2) is 0 Å². The van der Waals surface area contributed by atoms with Crippen LogP contribution in [-0.2, 0) is 6.54 Å². The van der Waals surface area contributed by atoms with Crippen molar-refractivity contribution in [2.75, 3.05) is 6.54 Å². The summed E-state index contributed by atoms with van der Waals surface area (Å²) >= 11 is 7.47. The van der Waals surface area contributed by atoms with Gasteiger partial charge in [-0.3, -0.25) is 0 Å². The summed E-state index contributed by atoms with van der Waals surface area (Å²) in [5.74, 6) is 0.681. The highest BCUT2D eigenvalue weighted by Crippen LogP contribution is 2.26. The molecule has 0 bridgehead atoms. The van der Waals surface area contributed by atoms with Crippen LogP contribution in [0.15, 0.2) is 52.5 Å². The molecule has 0 atom stereocenters. The highest BCUT2D eigenvalue weighted by atomic mass is 35.5. The number of nitrogens with zero attached hydrogens (tertiary/aromatic N) is 1. The van der Waals surface area contributed by atoms with Crippen LogP contribution in [0.1, 0.15) is 19.4 Å². The topological polar surface area (TPSA) is 24.9 Å². The van der Waals surface area contributed by atoms with Crippen molar-refractivity contribution < 1.29 is 0 Å². The summed E-state index contributed by atoms with van der Waals surface area (Å²) in [5.41, 5.74) is 1.30. The Morgan fingerprint density at radius 2 is 1.90 bits per heavy atom. The third-order valence-corrected chi connectivity index (χ3v) is 3.91. The molecule has 1 heterocycles. The van der Waals surface area contributed by atoms with Crippen molar-refractivity contribution in [1.29, 1.82) is 0 Å². The lowest BCUT2D eigenvalue weighted by atomic mass is 10.2. The zero-order valence-electron chi connectivity index (χ0n) is 11.8. The maximum absolute atomic E-state index is 5.83. The lowest BCUT2D eigenvalue weighted by molar-refractivity contribution is 0.552. The van der Waals surface area contributed by atoms with Crippen LogP contribution in [0.25, 0.3) is 0 Å². The van der Waals surface area contributed by atoms with Gasteiger partial charge in [0.2, 0.25) is 0 Å². The zero-order valence-corrected chi connectivity index (χ0v) is 13.3. The maximum Gasteiger partial charge on any atom is 0.101 e. The lowest BCUT2D eigenvalue weighted by Gasteiger charge is -2.08. The van der Waals surface area contributed by atoms with Crippen LogP contribution in [0.2, 0.25) is 5.02 Å². The van der Waals surface area contributed by atoms with Gasteiger partial charge in [-0.25, -0.2) is 4.98 Å². The van der Waals surface area contributed by atoms with Crippen molar-refractivity contribution in [2.24, 2.45) is 5.92 Å². The number of benzene rings is 1. The number of aromatic nitrogens is 1. The van der Waals surface area contributed by atoms with E-state index in [1.165, 1.54) is 10.5 Å².